The van der Waals surface area contributed by atoms with E-state index in [0.717, 1.165) is 19.3 Å². The lowest BCUT2D eigenvalue weighted by Crippen LogP contribution is -2.41. The van der Waals surface area contributed by atoms with Crippen molar-refractivity contribution in [2.45, 2.75) is 37.7 Å². The Morgan fingerprint density at radius 2 is 2.11 bits per heavy atom. The second-order valence-electron chi connectivity index (χ2n) is 5.07. The van der Waals surface area contributed by atoms with E-state index in [9.17, 15) is 9.18 Å². The molecule has 4 heteroatoms. The molecule has 0 saturated heterocycles. The number of methoxy groups -OCH3 is 2. The Morgan fingerprint density at radius 3 is 2.63 bits per heavy atom. The first-order valence-electron chi connectivity index (χ1n) is 6.48. The fraction of sp³-hybridized carbons (Fsp3) is 0.533. The van der Waals surface area contributed by atoms with Gasteiger partial charge in [0.15, 0.2) is 11.6 Å². The van der Waals surface area contributed by atoms with Crippen molar-refractivity contribution in [2.75, 3.05) is 14.2 Å². The number of hydrogen-bond acceptors (Lipinski definition) is 3. The molecule has 1 aromatic rings. The average Bonchev–Trinajstić information content (AvgIpc) is 2.36. The summed E-state index contributed by atoms with van der Waals surface area (Å²) in [6.07, 6.45) is 3.37. The van der Waals surface area contributed by atoms with Crippen molar-refractivity contribution in [1.82, 2.24) is 0 Å². The van der Waals surface area contributed by atoms with E-state index in [-0.39, 0.29) is 23.6 Å². The normalized spacial score (nSPS) is 16.8. The quantitative estimate of drug-likeness (QED) is 0.794. The molecule has 0 aromatic heterocycles. The first-order valence-corrected chi connectivity index (χ1v) is 6.48. The van der Waals surface area contributed by atoms with Crippen LogP contribution in [0.1, 0.15) is 31.2 Å². The van der Waals surface area contributed by atoms with Crippen LogP contribution >= 0.6 is 0 Å². The van der Waals surface area contributed by atoms with E-state index in [1.165, 1.54) is 7.11 Å². The maximum absolute atomic E-state index is 13.9. The van der Waals surface area contributed by atoms with Crippen LogP contribution < -0.4 is 4.74 Å². The van der Waals surface area contributed by atoms with Crippen LogP contribution in [0.4, 0.5) is 4.39 Å². The van der Waals surface area contributed by atoms with Gasteiger partial charge in [0.1, 0.15) is 5.78 Å². The van der Waals surface area contributed by atoms with E-state index in [0.29, 0.717) is 12.0 Å². The predicted molar refractivity (Wildman–Crippen MR) is 69.9 cm³/mol. The maximum Gasteiger partial charge on any atom is 0.168 e. The molecule has 0 heterocycles. The summed E-state index contributed by atoms with van der Waals surface area (Å²) in [5.74, 6) is -0.262. The number of ketones is 1. The van der Waals surface area contributed by atoms with Crippen molar-refractivity contribution in [3.05, 3.63) is 29.6 Å². The zero-order valence-electron chi connectivity index (χ0n) is 11.4. The minimum Gasteiger partial charge on any atom is -0.494 e. The number of carbonyl (C=O) groups is 1. The highest BCUT2D eigenvalue weighted by molar-refractivity contribution is 5.82. The van der Waals surface area contributed by atoms with Gasteiger partial charge >= 0.3 is 0 Å². The minimum absolute atomic E-state index is 0.00806. The van der Waals surface area contributed by atoms with Gasteiger partial charge < -0.3 is 9.47 Å². The number of carbonyl (C=O) groups excluding carboxylic acids is 1. The lowest BCUT2D eigenvalue weighted by Gasteiger charge is -2.40. The van der Waals surface area contributed by atoms with Gasteiger partial charge in [-0.25, -0.2) is 4.39 Å². The minimum atomic E-state index is -0.446. The van der Waals surface area contributed by atoms with Gasteiger partial charge in [-0.05, 0) is 30.9 Å². The van der Waals surface area contributed by atoms with E-state index < -0.39 is 5.82 Å². The molecule has 0 bridgehead atoms. The van der Waals surface area contributed by atoms with Gasteiger partial charge in [0, 0.05) is 20.0 Å². The molecule has 0 aliphatic heterocycles. The highest BCUT2D eigenvalue weighted by atomic mass is 19.1. The van der Waals surface area contributed by atoms with Crippen LogP contribution in [0, 0.1) is 5.82 Å². The van der Waals surface area contributed by atoms with Gasteiger partial charge in [0.05, 0.1) is 12.7 Å². The van der Waals surface area contributed by atoms with Gasteiger partial charge in [0.2, 0.25) is 0 Å². The SMILES string of the molecule is COc1cccc(CC(=O)CC2(OC)CCC2)c1F. The Kier molecular flexibility index (Phi) is 4.20. The zero-order valence-corrected chi connectivity index (χ0v) is 11.4. The smallest absolute Gasteiger partial charge is 0.168 e. The number of halogens is 1. The summed E-state index contributed by atoms with van der Waals surface area (Å²) in [6, 6.07) is 4.86. The third-order valence-electron chi connectivity index (χ3n) is 3.87. The largest absolute Gasteiger partial charge is 0.494 e. The summed E-state index contributed by atoms with van der Waals surface area (Å²) in [4.78, 5) is 12.0. The van der Waals surface area contributed by atoms with Crippen molar-refractivity contribution in [2.24, 2.45) is 0 Å². The Morgan fingerprint density at radius 1 is 1.37 bits per heavy atom. The van der Waals surface area contributed by atoms with Crippen LogP contribution in [0.5, 0.6) is 5.75 Å². The molecule has 1 aliphatic rings. The van der Waals surface area contributed by atoms with Crippen molar-refractivity contribution in [1.29, 1.82) is 0 Å². The van der Waals surface area contributed by atoms with Gasteiger partial charge in [0.25, 0.3) is 0 Å². The van der Waals surface area contributed by atoms with Crippen LogP contribution in [0.25, 0.3) is 0 Å². The summed E-state index contributed by atoms with van der Waals surface area (Å²) in [7, 11) is 3.05. The Balaban J connectivity index is 2.03. The monoisotopic (exact) mass is 266 g/mol. The fourth-order valence-corrected chi connectivity index (χ4v) is 2.51. The standard InChI is InChI=1S/C15H19FO3/c1-18-13-6-3-5-11(14(13)16)9-12(17)10-15(19-2)7-4-8-15/h3,5-6H,4,7-10H2,1-2H3. The van der Waals surface area contributed by atoms with Crippen LogP contribution in [-0.2, 0) is 16.0 Å². The molecular weight excluding hydrogens is 247 g/mol. The van der Waals surface area contributed by atoms with E-state index in [4.69, 9.17) is 9.47 Å². The topological polar surface area (TPSA) is 35.5 Å². The molecule has 1 aliphatic carbocycles. The van der Waals surface area contributed by atoms with Gasteiger partial charge in [-0.3, -0.25) is 4.79 Å². The average molecular weight is 266 g/mol. The van der Waals surface area contributed by atoms with Crippen LogP contribution in [0.2, 0.25) is 0 Å². The number of Topliss-reactive ketones (excluding diaryl/α,β-unsaturated/α-hetero) is 1. The first kappa shape index (κ1) is 14.0. The first-order chi connectivity index (χ1) is 9.10. The molecule has 0 radical (unpaired) electrons. The van der Waals surface area contributed by atoms with E-state index in [2.05, 4.69) is 0 Å². The second-order valence-corrected chi connectivity index (χ2v) is 5.07. The third-order valence-corrected chi connectivity index (χ3v) is 3.87. The van der Waals surface area contributed by atoms with Gasteiger partial charge in [-0.15, -0.1) is 0 Å². The molecule has 1 saturated carbocycles. The third kappa shape index (κ3) is 2.95. The number of ether oxygens (including phenoxy) is 2. The highest BCUT2D eigenvalue weighted by Gasteiger charge is 2.38. The molecule has 0 atom stereocenters. The Bertz CT molecular complexity index is 461. The second kappa shape index (κ2) is 5.70. The zero-order chi connectivity index (χ0) is 13.9. The summed E-state index contributed by atoms with van der Waals surface area (Å²) in [5, 5.41) is 0. The van der Waals surface area contributed by atoms with Crippen molar-refractivity contribution >= 4 is 5.78 Å². The lowest BCUT2D eigenvalue weighted by atomic mass is 9.76. The van der Waals surface area contributed by atoms with Crippen LogP contribution in [0.3, 0.4) is 0 Å². The summed E-state index contributed by atoms with van der Waals surface area (Å²) in [6.45, 7) is 0. The van der Waals surface area contributed by atoms with Crippen LogP contribution in [0.15, 0.2) is 18.2 Å². The number of benzene rings is 1. The fourth-order valence-electron chi connectivity index (χ4n) is 2.51. The maximum atomic E-state index is 13.9. The molecule has 0 amide bonds. The van der Waals surface area contributed by atoms with E-state index >= 15 is 0 Å². The molecular formula is C15H19FO3. The Hall–Kier alpha value is -1.42. The van der Waals surface area contributed by atoms with Gasteiger partial charge in [-0.1, -0.05) is 12.1 Å². The molecule has 1 fully saturated rings. The molecule has 3 nitrogen and oxygen atoms in total. The van der Waals surface area contributed by atoms with Crippen molar-refractivity contribution in [3.63, 3.8) is 0 Å². The predicted octanol–water partition coefficient (Wildman–Crippen LogP) is 2.91. The molecule has 0 N–H and O–H groups in total. The summed E-state index contributed by atoms with van der Waals surface area (Å²) < 4.78 is 24.3. The molecule has 0 spiro atoms. The highest BCUT2D eigenvalue weighted by Crippen LogP contribution is 2.38. The molecule has 0 unspecified atom stereocenters. The lowest BCUT2D eigenvalue weighted by molar-refractivity contribution is -0.131. The number of rotatable bonds is 6. The molecule has 1 aromatic carbocycles. The molecule has 2 rings (SSSR count). The van der Waals surface area contributed by atoms with E-state index in [1.807, 2.05) is 0 Å². The van der Waals surface area contributed by atoms with Gasteiger partial charge in [-0.2, -0.15) is 0 Å². The van der Waals surface area contributed by atoms with Crippen molar-refractivity contribution in [3.8, 4) is 5.75 Å². The van der Waals surface area contributed by atoms with Crippen molar-refractivity contribution < 1.29 is 18.7 Å². The number of hydrogen-bond donors (Lipinski definition) is 0. The van der Waals surface area contributed by atoms with Crippen LogP contribution in [-0.4, -0.2) is 25.6 Å². The Labute approximate surface area is 112 Å². The molecule has 19 heavy (non-hydrogen) atoms. The summed E-state index contributed by atoms with van der Waals surface area (Å²) in [5.41, 5.74) is 0.0850. The van der Waals surface area contributed by atoms with E-state index in [1.54, 1.807) is 25.3 Å². The summed E-state index contributed by atoms with van der Waals surface area (Å²) >= 11 is 0. The molecule has 104 valence electrons.